The van der Waals surface area contributed by atoms with E-state index in [4.69, 9.17) is 9.47 Å². The molecule has 0 saturated carbocycles. The number of nitrogens with zero attached hydrogens (tertiary/aromatic N) is 1. The van der Waals surface area contributed by atoms with Crippen molar-refractivity contribution in [3.63, 3.8) is 0 Å². The molecule has 0 heterocycles. The first-order chi connectivity index (χ1) is 9.13. The molecule has 19 heavy (non-hydrogen) atoms. The van der Waals surface area contributed by atoms with E-state index in [1.165, 1.54) is 11.3 Å². The van der Waals surface area contributed by atoms with Gasteiger partial charge in [-0.25, -0.2) is 0 Å². The molecule has 0 amide bonds. The van der Waals surface area contributed by atoms with Crippen LogP contribution in [0.1, 0.15) is 39.2 Å². The molecule has 0 aliphatic heterocycles. The topological polar surface area (TPSA) is 21.7 Å². The third-order valence-corrected chi connectivity index (χ3v) is 3.23. The van der Waals surface area contributed by atoms with Crippen molar-refractivity contribution in [2.45, 2.75) is 33.6 Å². The summed E-state index contributed by atoms with van der Waals surface area (Å²) < 4.78 is 10.9. The zero-order chi connectivity index (χ0) is 14.3. The number of rotatable bonds is 8. The first kappa shape index (κ1) is 15.8. The molecule has 0 aliphatic rings. The summed E-state index contributed by atoms with van der Waals surface area (Å²) in [6.45, 7) is 11.9. The first-order valence-corrected chi connectivity index (χ1v) is 7.14. The fourth-order valence-electron chi connectivity index (χ4n) is 2.15. The highest BCUT2D eigenvalue weighted by molar-refractivity contribution is 5.54. The Morgan fingerprint density at radius 3 is 2.47 bits per heavy atom. The van der Waals surface area contributed by atoms with Crippen molar-refractivity contribution < 1.29 is 9.47 Å². The van der Waals surface area contributed by atoms with Crippen molar-refractivity contribution >= 4 is 5.69 Å². The Hall–Kier alpha value is -1.22. The molecule has 3 heteroatoms. The third-order valence-electron chi connectivity index (χ3n) is 3.23. The lowest BCUT2D eigenvalue weighted by Gasteiger charge is -2.24. The Labute approximate surface area is 117 Å². The van der Waals surface area contributed by atoms with E-state index in [0.29, 0.717) is 12.5 Å². The maximum absolute atomic E-state index is 5.78. The summed E-state index contributed by atoms with van der Waals surface area (Å²) in [4.78, 5) is 2.30. The van der Waals surface area contributed by atoms with Crippen LogP contribution < -0.4 is 9.64 Å². The first-order valence-electron chi connectivity index (χ1n) is 7.14. The molecule has 0 saturated heterocycles. The third kappa shape index (κ3) is 4.43. The molecular weight excluding hydrogens is 238 g/mol. The second-order valence-electron chi connectivity index (χ2n) is 4.88. The number of methoxy groups -OCH3 is 1. The molecule has 3 nitrogen and oxygen atoms in total. The lowest BCUT2D eigenvalue weighted by atomic mass is 10.0. The minimum atomic E-state index is 0.477. The van der Waals surface area contributed by atoms with Crippen LogP contribution in [-0.2, 0) is 4.74 Å². The molecule has 1 aromatic carbocycles. The van der Waals surface area contributed by atoms with Gasteiger partial charge in [-0.2, -0.15) is 0 Å². The molecule has 0 bridgehead atoms. The van der Waals surface area contributed by atoms with E-state index in [9.17, 15) is 0 Å². The van der Waals surface area contributed by atoms with Gasteiger partial charge in [-0.05, 0) is 31.4 Å². The summed E-state index contributed by atoms with van der Waals surface area (Å²) in [5, 5.41) is 0. The lowest BCUT2D eigenvalue weighted by molar-refractivity contribution is 0.205. The van der Waals surface area contributed by atoms with E-state index in [1.54, 1.807) is 7.11 Å². The van der Waals surface area contributed by atoms with Gasteiger partial charge in [-0.3, -0.25) is 0 Å². The molecule has 0 aromatic heterocycles. The van der Waals surface area contributed by atoms with Gasteiger partial charge in [0.25, 0.3) is 0 Å². The smallest absolute Gasteiger partial charge is 0.124 e. The predicted molar refractivity (Wildman–Crippen MR) is 81.5 cm³/mol. The Morgan fingerprint density at radius 1 is 1.21 bits per heavy atom. The molecule has 0 aliphatic carbocycles. The van der Waals surface area contributed by atoms with Gasteiger partial charge >= 0.3 is 0 Å². The van der Waals surface area contributed by atoms with E-state index in [1.807, 2.05) is 6.92 Å². The highest BCUT2D eigenvalue weighted by atomic mass is 16.5. The van der Waals surface area contributed by atoms with Gasteiger partial charge in [0, 0.05) is 32.0 Å². The van der Waals surface area contributed by atoms with Crippen molar-refractivity contribution in [2.24, 2.45) is 0 Å². The fraction of sp³-hybridized carbons (Fsp3) is 0.625. The van der Waals surface area contributed by atoms with Gasteiger partial charge in [0.2, 0.25) is 0 Å². The summed E-state index contributed by atoms with van der Waals surface area (Å²) >= 11 is 0. The second-order valence-corrected chi connectivity index (χ2v) is 4.88. The molecule has 0 radical (unpaired) electrons. The predicted octanol–water partition coefficient (Wildman–Crippen LogP) is 3.68. The summed E-state index contributed by atoms with van der Waals surface area (Å²) in [6, 6.07) is 6.51. The average molecular weight is 265 g/mol. The zero-order valence-corrected chi connectivity index (χ0v) is 12.9. The van der Waals surface area contributed by atoms with Crippen LogP contribution >= 0.6 is 0 Å². The summed E-state index contributed by atoms with van der Waals surface area (Å²) in [6.07, 6.45) is 0. The Morgan fingerprint density at radius 2 is 1.95 bits per heavy atom. The van der Waals surface area contributed by atoms with Crippen LogP contribution in [0.25, 0.3) is 0 Å². The second kappa shape index (κ2) is 8.05. The van der Waals surface area contributed by atoms with Crippen molar-refractivity contribution in [3.8, 4) is 5.75 Å². The maximum atomic E-state index is 5.78. The molecule has 0 spiro atoms. The fourth-order valence-corrected chi connectivity index (χ4v) is 2.15. The molecule has 0 fully saturated rings. The molecule has 1 aromatic rings. The van der Waals surface area contributed by atoms with E-state index >= 15 is 0 Å². The Bertz CT molecular complexity index is 377. The van der Waals surface area contributed by atoms with E-state index < -0.39 is 0 Å². The number of hydrogen-bond donors (Lipinski definition) is 0. The standard InChI is InChI=1S/C16H27NO2/c1-6-17(10-11-18-5)14-8-9-15(13(3)4)16(12-14)19-7-2/h8-9,12-13H,6-7,10-11H2,1-5H3. The molecule has 0 atom stereocenters. The monoisotopic (exact) mass is 265 g/mol. The highest BCUT2D eigenvalue weighted by Gasteiger charge is 2.11. The quantitative estimate of drug-likeness (QED) is 0.715. The van der Waals surface area contributed by atoms with E-state index in [2.05, 4.69) is 43.9 Å². The van der Waals surface area contributed by atoms with Crippen LogP contribution in [0, 0.1) is 0 Å². The van der Waals surface area contributed by atoms with Crippen molar-refractivity contribution in [2.75, 3.05) is 38.3 Å². The van der Waals surface area contributed by atoms with Crippen LogP contribution in [0.15, 0.2) is 18.2 Å². The number of hydrogen-bond acceptors (Lipinski definition) is 3. The number of anilines is 1. The summed E-state index contributed by atoms with van der Waals surface area (Å²) in [5.41, 5.74) is 2.47. The van der Waals surface area contributed by atoms with Crippen molar-refractivity contribution in [1.29, 1.82) is 0 Å². The lowest BCUT2D eigenvalue weighted by Crippen LogP contribution is -2.26. The van der Waals surface area contributed by atoms with Crippen LogP contribution in [0.5, 0.6) is 5.75 Å². The van der Waals surface area contributed by atoms with Crippen LogP contribution in [0.4, 0.5) is 5.69 Å². The molecule has 108 valence electrons. The normalized spacial score (nSPS) is 10.8. The number of likely N-dealkylation sites (N-methyl/N-ethyl adjacent to an activating group) is 1. The van der Waals surface area contributed by atoms with Gasteiger partial charge in [0.15, 0.2) is 0 Å². The molecule has 0 N–H and O–H groups in total. The van der Waals surface area contributed by atoms with Gasteiger partial charge in [-0.15, -0.1) is 0 Å². The minimum Gasteiger partial charge on any atom is -0.494 e. The zero-order valence-electron chi connectivity index (χ0n) is 12.9. The number of benzene rings is 1. The van der Waals surface area contributed by atoms with E-state index in [-0.39, 0.29) is 0 Å². The van der Waals surface area contributed by atoms with Crippen LogP contribution in [-0.4, -0.2) is 33.4 Å². The van der Waals surface area contributed by atoms with Gasteiger partial charge < -0.3 is 14.4 Å². The van der Waals surface area contributed by atoms with Gasteiger partial charge in [0.05, 0.1) is 13.2 Å². The van der Waals surface area contributed by atoms with Crippen LogP contribution in [0.3, 0.4) is 0 Å². The molecule has 1 rings (SSSR count). The maximum Gasteiger partial charge on any atom is 0.124 e. The minimum absolute atomic E-state index is 0.477. The SMILES string of the molecule is CCOc1cc(N(CC)CCOC)ccc1C(C)C. The van der Waals surface area contributed by atoms with Gasteiger partial charge in [-0.1, -0.05) is 19.9 Å². The number of ether oxygens (including phenoxy) is 2. The molecular formula is C16H27NO2. The summed E-state index contributed by atoms with van der Waals surface area (Å²) in [5.74, 6) is 1.48. The van der Waals surface area contributed by atoms with Crippen LogP contribution in [0.2, 0.25) is 0 Å². The van der Waals surface area contributed by atoms with Crippen molar-refractivity contribution in [1.82, 2.24) is 0 Å². The van der Waals surface area contributed by atoms with E-state index in [0.717, 1.165) is 25.4 Å². The average Bonchev–Trinajstić information content (AvgIpc) is 2.40. The molecule has 0 unspecified atom stereocenters. The van der Waals surface area contributed by atoms with Crippen molar-refractivity contribution in [3.05, 3.63) is 23.8 Å². The van der Waals surface area contributed by atoms with Gasteiger partial charge in [0.1, 0.15) is 5.75 Å². The Balaban J connectivity index is 2.98. The largest absolute Gasteiger partial charge is 0.494 e. The summed E-state index contributed by atoms with van der Waals surface area (Å²) in [7, 11) is 1.74. The Kier molecular flexibility index (Phi) is 6.71. The highest BCUT2D eigenvalue weighted by Crippen LogP contribution is 2.31.